The zero-order valence-corrected chi connectivity index (χ0v) is 24.7. The van der Waals surface area contributed by atoms with Gasteiger partial charge in [0, 0.05) is 34.8 Å². The first kappa shape index (κ1) is 29.9. The van der Waals surface area contributed by atoms with Gasteiger partial charge in [-0.15, -0.1) is 0 Å². The van der Waals surface area contributed by atoms with Crippen LogP contribution < -0.4 is 5.32 Å². The Hall–Kier alpha value is -5.57. The minimum absolute atomic E-state index is 0.0854. The van der Waals surface area contributed by atoms with E-state index in [9.17, 15) is 19.5 Å². The van der Waals surface area contributed by atoms with Gasteiger partial charge < -0.3 is 19.8 Å². The summed E-state index contributed by atoms with van der Waals surface area (Å²) in [5.74, 6) is -1.07. The van der Waals surface area contributed by atoms with E-state index in [1.807, 2.05) is 24.3 Å². The predicted octanol–water partition coefficient (Wildman–Crippen LogP) is 6.70. The number of aromatic nitrogens is 2. The van der Waals surface area contributed by atoms with E-state index in [1.165, 1.54) is 10.5 Å². The van der Waals surface area contributed by atoms with Gasteiger partial charge in [-0.2, -0.15) is 4.98 Å². The summed E-state index contributed by atoms with van der Waals surface area (Å²) < 4.78 is 5.52. The number of carbonyl (C=O) groups excluding carboxylic acids is 2. The molecule has 1 aromatic heterocycles. The minimum atomic E-state index is -1.12. The standard InChI is InChI=1S/C35H32N4O5/c1-22(2)33(42)36-30-18-16-29(17-19-30)35(43)39(21-31(40)41)20-24-6-10-27(11-7-24)32-37-34(44-38-32)28-14-12-26(13-15-28)25-8-4-23(3)5-9-25/h4-19,22H,20-21H2,1-3H3,(H,36,42)(H,40,41). The number of carbonyl (C=O) groups is 3. The molecule has 0 fully saturated rings. The largest absolute Gasteiger partial charge is 0.480 e. The van der Waals surface area contributed by atoms with Crippen LogP contribution in [0, 0.1) is 12.8 Å². The fourth-order valence-electron chi connectivity index (χ4n) is 4.52. The maximum atomic E-state index is 13.2. The predicted molar refractivity (Wildman–Crippen MR) is 168 cm³/mol. The molecular weight excluding hydrogens is 556 g/mol. The Morgan fingerprint density at radius 1 is 0.795 bits per heavy atom. The van der Waals surface area contributed by atoms with E-state index in [4.69, 9.17) is 4.52 Å². The van der Waals surface area contributed by atoms with E-state index >= 15 is 0 Å². The second kappa shape index (κ2) is 13.2. The van der Waals surface area contributed by atoms with Crippen LogP contribution in [-0.4, -0.2) is 44.5 Å². The smallest absolute Gasteiger partial charge is 0.323 e. The van der Waals surface area contributed by atoms with Gasteiger partial charge in [0.15, 0.2) is 0 Å². The van der Waals surface area contributed by atoms with Crippen LogP contribution in [0.1, 0.15) is 35.3 Å². The zero-order valence-electron chi connectivity index (χ0n) is 24.7. The normalized spacial score (nSPS) is 10.9. The van der Waals surface area contributed by atoms with Crippen LogP contribution in [0.4, 0.5) is 5.69 Å². The van der Waals surface area contributed by atoms with Gasteiger partial charge in [0.2, 0.25) is 11.7 Å². The Labute approximate surface area is 255 Å². The van der Waals surface area contributed by atoms with Crippen molar-refractivity contribution in [1.29, 1.82) is 0 Å². The van der Waals surface area contributed by atoms with Crippen LogP contribution in [0.5, 0.6) is 0 Å². The average molecular weight is 589 g/mol. The highest BCUT2D eigenvalue weighted by Crippen LogP contribution is 2.26. The quantitative estimate of drug-likeness (QED) is 0.186. The third-order valence-electron chi connectivity index (χ3n) is 7.07. The first-order chi connectivity index (χ1) is 21.2. The minimum Gasteiger partial charge on any atom is -0.480 e. The second-order valence-corrected chi connectivity index (χ2v) is 10.8. The SMILES string of the molecule is Cc1ccc(-c2ccc(-c3nc(-c4ccc(CN(CC(=O)O)C(=O)c5ccc(NC(=O)C(C)C)cc5)cc4)no3)cc2)cc1. The molecule has 0 atom stereocenters. The number of anilines is 1. The fourth-order valence-corrected chi connectivity index (χ4v) is 4.52. The number of aryl methyl sites for hydroxylation is 1. The molecule has 0 spiro atoms. The van der Waals surface area contributed by atoms with Crippen molar-refractivity contribution in [2.24, 2.45) is 5.92 Å². The van der Waals surface area contributed by atoms with E-state index < -0.39 is 18.4 Å². The van der Waals surface area contributed by atoms with Gasteiger partial charge in [-0.1, -0.05) is 85.2 Å². The monoisotopic (exact) mass is 588 g/mol. The summed E-state index contributed by atoms with van der Waals surface area (Å²) in [4.78, 5) is 42.5. The lowest BCUT2D eigenvalue weighted by molar-refractivity contribution is -0.137. The highest BCUT2D eigenvalue weighted by Gasteiger charge is 2.20. The maximum Gasteiger partial charge on any atom is 0.323 e. The van der Waals surface area contributed by atoms with E-state index in [0.29, 0.717) is 23.0 Å². The molecule has 0 aliphatic rings. The number of carboxylic acids is 1. The molecule has 2 amide bonds. The summed E-state index contributed by atoms with van der Waals surface area (Å²) in [5.41, 5.74) is 6.55. The van der Waals surface area contributed by atoms with Crippen molar-refractivity contribution in [3.8, 4) is 34.0 Å². The number of nitrogens with one attached hydrogen (secondary N) is 1. The Morgan fingerprint density at radius 2 is 1.36 bits per heavy atom. The molecule has 44 heavy (non-hydrogen) atoms. The van der Waals surface area contributed by atoms with Gasteiger partial charge in [-0.3, -0.25) is 14.4 Å². The lowest BCUT2D eigenvalue weighted by Crippen LogP contribution is -2.35. The molecule has 9 heteroatoms. The molecule has 5 aromatic rings. The first-order valence-electron chi connectivity index (χ1n) is 14.2. The summed E-state index contributed by atoms with van der Waals surface area (Å²) in [7, 11) is 0. The summed E-state index contributed by atoms with van der Waals surface area (Å²) in [6.07, 6.45) is 0. The molecular formula is C35H32N4O5. The summed E-state index contributed by atoms with van der Waals surface area (Å²) >= 11 is 0. The van der Waals surface area contributed by atoms with Gasteiger partial charge in [-0.05, 0) is 60.0 Å². The topological polar surface area (TPSA) is 126 Å². The lowest BCUT2D eigenvalue weighted by atomic mass is 10.0. The van der Waals surface area contributed by atoms with Gasteiger partial charge in [0.25, 0.3) is 11.8 Å². The highest BCUT2D eigenvalue weighted by atomic mass is 16.5. The van der Waals surface area contributed by atoms with Crippen molar-refractivity contribution in [2.75, 3.05) is 11.9 Å². The third-order valence-corrected chi connectivity index (χ3v) is 7.07. The summed E-state index contributed by atoms with van der Waals surface area (Å²) in [6.45, 7) is 5.25. The Bertz CT molecular complexity index is 1760. The molecule has 222 valence electrons. The number of amides is 2. The number of benzene rings is 4. The molecule has 0 bridgehead atoms. The summed E-state index contributed by atoms with van der Waals surface area (Å²) in [6, 6.07) is 29.8. The molecule has 4 aromatic carbocycles. The Balaban J connectivity index is 1.26. The molecule has 0 saturated carbocycles. The number of hydrogen-bond acceptors (Lipinski definition) is 6. The molecule has 0 radical (unpaired) electrons. The van der Waals surface area contributed by atoms with Gasteiger partial charge in [0.1, 0.15) is 6.54 Å². The van der Waals surface area contributed by atoms with Crippen LogP contribution in [0.3, 0.4) is 0 Å². The molecule has 2 N–H and O–H groups in total. The zero-order chi connectivity index (χ0) is 31.2. The molecule has 0 saturated heterocycles. The van der Waals surface area contributed by atoms with Crippen molar-refractivity contribution in [1.82, 2.24) is 15.0 Å². The number of nitrogens with zero attached hydrogens (tertiary/aromatic N) is 3. The number of carboxylic acid groups (broad SMARTS) is 1. The van der Waals surface area contributed by atoms with Crippen molar-refractivity contribution in [3.05, 3.63) is 114 Å². The van der Waals surface area contributed by atoms with Crippen molar-refractivity contribution < 1.29 is 24.0 Å². The van der Waals surface area contributed by atoms with E-state index in [0.717, 1.165) is 27.8 Å². The van der Waals surface area contributed by atoms with E-state index in [2.05, 4.69) is 46.6 Å². The van der Waals surface area contributed by atoms with E-state index in [1.54, 1.807) is 62.4 Å². The van der Waals surface area contributed by atoms with Crippen LogP contribution in [0.2, 0.25) is 0 Å². The molecule has 9 nitrogen and oxygen atoms in total. The van der Waals surface area contributed by atoms with Crippen LogP contribution in [0.25, 0.3) is 34.0 Å². The Kier molecular flexibility index (Phi) is 8.95. The fraction of sp³-hybridized carbons (Fsp3) is 0.171. The third kappa shape index (κ3) is 7.25. The van der Waals surface area contributed by atoms with Crippen LogP contribution >= 0.6 is 0 Å². The molecule has 0 aliphatic carbocycles. The Morgan fingerprint density at radius 3 is 1.95 bits per heavy atom. The lowest BCUT2D eigenvalue weighted by Gasteiger charge is -2.21. The maximum absolute atomic E-state index is 13.2. The summed E-state index contributed by atoms with van der Waals surface area (Å²) in [5, 5.41) is 16.4. The van der Waals surface area contributed by atoms with Gasteiger partial charge in [0.05, 0.1) is 0 Å². The molecule has 1 heterocycles. The van der Waals surface area contributed by atoms with Crippen LogP contribution in [-0.2, 0) is 16.1 Å². The average Bonchev–Trinajstić information content (AvgIpc) is 3.52. The van der Waals surface area contributed by atoms with Crippen molar-refractivity contribution in [3.63, 3.8) is 0 Å². The van der Waals surface area contributed by atoms with Gasteiger partial charge in [-0.25, -0.2) is 0 Å². The number of rotatable bonds is 10. The highest BCUT2D eigenvalue weighted by molar-refractivity contribution is 5.97. The van der Waals surface area contributed by atoms with E-state index in [-0.39, 0.29) is 18.4 Å². The van der Waals surface area contributed by atoms with Crippen molar-refractivity contribution >= 4 is 23.5 Å². The molecule has 5 rings (SSSR count). The number of hydrogen-bond donors (Lipinski definition) is 2. The van der Waals surface area contributed by atoms with Gasteiger partial charge >= 0.3 is 5.97 Å². The molecule has 0 aliphatic heterocycles. The second-order valence-electron chi connectivity index (χ2n) is 10.8. The molecule has 0 unspecified atom stereocenters. The number of aliphatic carboxylic acids is 1. The van der Waals surface area contributed by atoms with Crippen molar-refractivity contribution in [2.45, 2.75) is 27.3 Å². The first-order valence-corrected chi connectivity index (χ1v) is 14.2. The van der Waals surface area contributed by atoms with Crippen LogP contribution in [0.15, 0.2) is 102 Å².